The van der Waals surface area contributed by atoms with Crippen LogP contribution >= 0.6 is 0 Å². The summed E-state index contributed by atoms with van der Waals surface area (Å²) in [5.74, 6) is 0. The van der Waals surface area contributed by atoms with Crippen molar-refractivity contribution in [3.05, 3.63) is 90.0 Å². The molecule has 0 aliphatic carbocycles. The number of rotatable bonds is 5. The summed E-state index contributed by atoms with van der Waals surface area (Å²) in [6, 6.07) is 27.3. The molecule has 1 heterocycles. The number of hydrogen-bond donors (Lipinski definition) is 1. The van der Waals surface area contributed by atoms with Gasteiger partial charge in [-0.15, -0.1) is 0 Å². The summed E-state index contributed by atoms with van der Waals surface area (Å²) in [6.07, 6.45) is 0. The van der Waals surface area contributed by atoms with Crippen LogP contribution in [0.2, 0.25) is 0 Å². The molecule has 0 bridgehead atoms. The molecular weight excluding hydrogens is 394 g/mol. The van der Waals surface area contributed by atoms with Crippen molar-refractivity contribution in [3.8, 4) is 17.2 Å². The highest BCUT2D eigenvalue weighted by Crippen LogP contribution is 2.20. The van der Waals surface area contributed by atoms with Gasteiger partial charge < -0.3 is 4.90 Å². The molecule has 5 nitrogen and oxygen atoms in total. The molecule has 0 amide bonds. The molecule has 6 heteroatoms. The van der Waals surface area contributed by atoms with Gasteiger partial charge in [-0.3, -0.25) is 0 Å². The first-order chi connectivity index (χ1) is 14.6. The number of piperazine rings is 1. The van der Waals surface area contributed by atoms with E-state index in [0.29, 0.717) is 13.1 Å². The van der Waals surface area contributed by atoms with E-state index in [1.54, 1.807) is 18.2 Å². The number of nitriles is 1. The largest absolute Gasteiger partial charge is 0.329 e. The summed E-state index contributed by atoms with van der Waals surface area (Å²) in [7, 11) is -3.64. The lowest BCUT2D eigenvalue weighted by molar-refractivity contribution is -0.917. The van der Waals surface area contributed by atoms with Crippen LogP contribution in [0.15, 0.2) is 83.8 Å². The first-order valence-electron chi connectivity index (χ1n) is 10.0. The quantitative estimate of drug-likeness (QED) is 0.692. The Bertz CT molecular complexity index is 1150. The van der Waals surface area contributed by atoms with Gasteiger partial charge in [-0.05, 0) is 23.3 Å². The minimum Gasteiger partial charge on any atom is -0.329 e. The van der Waals surface area contributed by atoms with E-state index >= 15 is 0 Å². The first kappa shape index (κ1) is 20.3. The first-order valence-corrected chi connectivity index (χ1v) is 11.5. The zero-order chi connectivity index (χ0) is 21.0. The summed E-state index contributed by atoms with van der Waals surface area (Å²) < 4.78 is 27.4. The van der Waals surface area contributed by atoms with E-state index < -0.39 is 10.0 Å². The number of sulfonamides is 1. The van der Waals surface area contributed by atoms with Gasteiger partial charge in [-0.1, -0.05) is 66.7 Å². The van der Waals surface area contributed by atoms with Gasteiger partial charge in [0.15, 0.2) is 0 Å². The highest BCUT2D eigenvalue weighted by molar-refractivity contribution is 7.89. The zero-order valence-corrected chi connectivity index (χ0v) is 17.5. The van der Waals surface area contributed by atoms with E-state index in [-0.39, 0.29) is 10.5 Å². The monoisotopic (exact) mass is 418 g/mol. The van der Waals surface area contributed by atoms with Crippen LogP contribution in [0.4, 0.5) is 0 Å². The Morgan fingerprint density at radius 2 is 1.43 bits per heavy atom. The number of nitrogens with zero attached hydrogens (tertiary/aromatic N) is 2. The average Bonchev–Trinajstić information content (AvgIpc) is 2.80. The molecule has 152 valence electrons. The lowest BCUT2D eigenvalue weighted by Gasteiger charge is -2.31. The Labute approximate surface area is 177 Å². The van der Waals surface area contributed by atoms with Crippen molar-refractivity contribution in [1.29, 1.82) is 5.26 Å². The molecule has 4 rings (SSSR count). The summed E-state index contributed by atoms with van der Waals surface area (Å²) >= 11 is 0. The molecule has 3 aromatic rings. The summed E-state index contributed by atoms with van der Waals surface area (Å²) in [5, 5.41) is 9.24. The topological polar surface area (TPSA) is 65.6 Å². The van der Waals surface area contributed by atoms with E-state index in [1.807, 2.05) is 24.3 Å². The normalized spacial score (nSPS) is 15.6. The third-order valence-electron chi connectivity index (χ3n) is 5.57. The molecule has 1 aliphatic heterocycles. The molecule has 0 unspecified atom stereocenters. The molecule has 0 atom stereocenters. The van der Waals surface area contributed by atoms with E-state index in [9.17, 15) is 13.7 Å². The predicted octanol–water partition coefficient (Wildman–Crippen LogP) is 2.31. The van der Waals surface area contributed by atoms with Crippen molar-refractivity contribution in [3.63, 3.8) is 0 Å². The van der Waals surface area contributed by atoms with Crippen LogP contribution in [0.5, 0.6) is 0 Å². The van der Waals surface area contributed by atoms with Gasteiger partial charge in [0.2, 0.25) is 10.0 Å². The maximum Gasteiger partial charge on any atom is 0.244 e. The fourth-order valence-corrected chi connectivity index (χ4v) is 5.46. The standard InChI is InChI=1S/C24H23N3O2S/c25-18-23-8-4-5-9-24(23)30(28,29)27-16-14-26(15-17-27)19-20-10-12-22(13-11-20)21-6-2-1-3-7-21/h1-13H,14-17,19H2/p+1. The molecule has 1 fully saturated rings. The van der Waals surface area contributed by atoms with E-state index in [4.69, 9.17) is 0 Å². The fourth-order valence-electron chi connectivity index (χ4n) is 3.88. The average molecular weight is 419 g/mol. The summed E-state index contributed by atoms with van der Waals surface area (Å²) in [4.78, 5) is 1.47. The van der Waals surface area contributed by atoms with Gasteiger partial charge in [0.1, 0.15) is 12.6 Å². The molecule has 3 aromatic carbocycles. The van der Waals surface area contributed by atoms with Crippen molar-refractivity contribution in [1.82, 2.24) is 4.31 Å². The van der Waals surface area contributed by atoms with Crippen LogP contribution in [0.3, 0.4) is 0 Å². The molecule has 1 N–H and O–H groups in total. The number of quaternary nitrogens is 1. The number of hydrogen-bond acceptors (Lipinski definition) is 3. The lowest BCUT2D eigenvalue weighted by atomic mass is 10.0. The van der Waals surface area contributed by atoms with Crippen LogP contribution in [0.1, 0.15) is 11.1 Å². The third kappa shape index (κ3) is 4.29. The van der Waals surface area contributed by atoms with E-state index in [1.165, 1.54) is 32.0 Å². The smallest absolute Gasteiger partial charge is 0.244 e. The van der Waals surface area contributed by atoms with Crippen LogP contribution < -0.4 is 4.90 Å². The van der Waals surface area contributed by atoms with Crippen molar-refractivity contribution < 1.29 is 13.3 Å². The van der Waals surface area contributed by atoms with Gasteiger partial charge in [0.25, 0.3) is 0 Å². The maximum absolute atomic E-state index is 13.0. The predicted molar refractivity (Wildman–Crippen MR) is 116 cm³/mol. The van der Waals surface area contributed by atoms with Crippen molar-refractivity contribution in [2.45, 2.75) is 11.4 Å². The fraction of sp³-hybridized carbons (Fsp3) is 0.208. The summed E-state index contributed by atoms with van der Waals surface area (Å²) in [5.41, 5.74) is 3.84. The Hall–Kier alpha value is -2.98. The van der Waals surface area contributed by atoms with Crippen LogP contribution in [-0.2, 0) is 16.6 Å². The van der Waals surface area contributed by atoms with Crippen LogP contribution in [0, 0.1) is 11.3 Å². The molecule has 0 spiro atoms. The van der Waals surface area contributed by atoms with Gasteiger partial charge in [0.05, 0.1) is 36.6 Å². The van der Waals surface area contributed by atoms with Crippen molar-refractivity contribution in [2.24, 2.45) is 0 Å². The summed E-state index contributed by atoms with van der Waals surface area (Å²) in [6.45, 7) is 3.28. The zero-order valence-electron chi connectivity index (χ0n) is 16.7. The van der Waals surface area contributed by atoms with Gasteiger partial charge in [0, 0.05) is 5.56 Å². The van der Waals surface area contributed by atoms with Gasteiger partial charge in [-0.25, -0.2) is 8.42 Å². The lowest BCUT2D eigenvalue weighted by Crippen LogP contribution is -3.13. The third-order valence-corrected chi connectivity index (χ3v) is 7.53. The van der Waals surface area contributed by atoms with Crippen molar-refractivity contribution >= 4 is 10.0 Å². The SMILES string of the molecule is N#Cc1ccccc1S(=O)(=O)N1CC[NH+](Cc2ccc(-c3ccccc3)cc2)CC1. The molecular formula is C24H24N3O2S+. The van der Waals surface area contributed by atoms with Gasteiger partial charge >= 0.3 is 0 Å². The highest BCUT2D eigenvalue weighted by atomic mass is 32.2. The Balaban J connectivity index is 1.39. The van der Waals surface area contributed by atoms with Crippen LogP contribution in [0.25, 0.3) is 11.1 Å². The molecule has 1 saturated heterocycles. The van der Waals surface area contributed by atoms with Crippen LogP contribution in [-0.4, -0.2) is 38.9 Å². The minimum atomic E-state index is -3.64. The molecule has 0 aromatic heterocycles. The van der Waals surface area contributed by atoms with E-state index in [0.717, 1.165) is 19.6 Å². The second kappa shape index (κ2) is 8.80. The highest BCUT2D eigenvalue weighted by Gasteiger charge is 2.31. The van der Waals surface area contributed by atoms with Crippen molar-refractivity contribution in [2.75, 3.05) is 26.2 Å². The Morgan fingerprint density at radius 1 is 0.833 bits per heavy atom. The maximum atomic E-state index is 13.0. The number of nitrogens with one attached hydrogen (secondary N) is 1. The molecule has 1 aliphatic rings. The molecule has 0 saturated carbocycles. The van der Waals surface area contributed by atoms with E-state index in [2.05, 4.69) is 36.4 Å². The Morgan fingerprint density at radius 3 is 2.10 bits per heavy atom. The minimum absolute atomic E-state index is 0.104. The molecule has 0 radical (unpaired) electrons. The van der Waals surface area contributed by atoms with Gasteiger partial charge in [-0.2, -0.15) is 9.57 Å². The number of benzene rings is 3. The second-order valence-corrected chi connectivity index (χ2v) is 9.41. The Kier molecular flexibility index (Phi) is 5.96. The molecule has 30 heavy (non-hydrogen) atoms. The second-order valence-electron chi connectivity index (χ2n) is 7.50.